The second kappa shape index (κ2) is 5.99. The normalized spacial score (nSPS) is 25.2. The Morgan fingerprint density at radius 1 is 0.962 bits per heavy atom. The van der Waals surface area contributed by atoms with Crippen LogP contribution in [0.2, 0.25) is 0 Å². The van der Waals surface area contributed by atoms with Gasteiger partial charge in [0.15, 0.2) is 11.5 Å². The highest BCUT2D eigenvalue weighted by Gasteiger charge is 2.55. The first-order valence-electron chi connectivity index (χ1n) is 8.01. The molecule has 26 heavy (non-hydrogen) atoms. The highest BCUT2D eigenvalue weighted by Crippen LogP contribution is 2.28. The highest BCUT2D eigenvalue weighted by molar-refractivity contribution is 5.92. The summed E-state index contributed by atoms with van der Waals surface area (Å²) in [5, 5.41) is 11.9. The van der Waals surface area contributed by atoms with Crippen LogP contribution in [0, 0.1) is 10.1 Å². The zero-order valence-electron chi connectivity index (χ0n) is 13.7. The second-order valence-corrected chi connectivity index (χ2v) is 6.55. The molecule has 0 aliphatic carbocycles. The van der Waals surface area contributed by atoms with E-state index in [2.05, 4.69) is 0 Å². The first-order chi connectivity index (χ1) is 12.5. The fraction of sp³-hybridized carbons (Fsp3) is 0.375. The maximum Gasteiger partial charge on any atom is 0.290 e. The van der Waals surface area contributed by atoms with E-state index in [9.17, 15) is 19.7 Å². The highest BCUT2D eigenvalue weighted by atomic mass is 16.6. The van der Waals surface area contributed by atoms with Crippen LogP contribution < -0.4 is 0 Å². The topological polar surface area (TPSA) is 113 Å². The van der Waals surface area contributed by atoms with Crippen molar-refractivity contribution in [3.8, 4) is 0 Å². The van der Waals surface area contributed by atoms with E-state index in [4.69, 9.17) is 8.83 Å². The van der Waals surface area contributed by atoms with Gasteiger partial charge in [-0.15, -0.1) is 0 Å². The smallest absolute Gasteiger partial charge is 0.290 e. The minimum atomic E-state index is -1.46. The maximum atomic E-state index is 12.5. The zero-order chi connectivity index (χ0) is 18.3. The number of rotatable bonds is 3. The Bertz CT molecular complexity index is 773. The summed E-state index contributed by atoms with van der Waals surface area (Å²) in [5.41, 5.74) is -1.46. The monoisotopic (exact) mass is 360 g/mol. The van der Waals surface area contributed by atoms with Gasteiger partial charge < -0.3 is 18.6 Å². The van der Waals surface area contributed by atoms with E-state index in [1.165, 1.54) is 34.5 Å². The number of fused-ring (bicyclic) bond motifs is 2. The molecule has 2 aromatic rings. The summed E-state index contributed by atoms with van der Waals surface area (Å²) < 4.78 is 10.2. The van der Waals surface area contributed by atoms with Crippen molar-refractivity contribution in [2.45, 2.75) is 5.54 Å². The molecule has 136 valence electrons. The quantitative estimate of drug-likeness (QED) is 0.585. The maximum absolute atomic E-state index is 12.5. The molecule has 2 aliphatic rings. The lowest BCUT2D eigenvalue weighted by molar-refractivity contribution is -0.578. The summed E-state index contributed by atoms with van der Waals surface area (Å²) in [7, 11) is 0. The Kier molecular flexibility index (Phi) is 3.76. The second-order valence-electron chi connectivity index (χ2n) is 6.55. The van der Waals surface area contributed by atoms with Crippen molar-refractivity contribution in [1.29, 1.82) is 0 Å². The van der Waals surface area contributed by atoms with Crippen molar-refractivity contribution in [2.24, 2.45) is 0 Å². The molecular weight excluding hydrogens is 344 g/mol. The van der Waals surface area contributed by atoms with Crippen LogP contribution >= 0.6 is 0 Å². The molecule has 2 aliphatic heterocycles. The number of nitro groups is 1. The molecule has 0 spiro atoms. The number of nitrogens with zero attached hydrogens (tertiary/aromatic N) is 4. The van der Waals surface area contributed by atoms with Crippen LogP contribution in [0.4, 0.5) is 0 Å². The number of hydrogen-bond acceptors (Lipinski definition) is 7. The number of furan rings is 2. The molecule has 0 saturated carbocycles. The SMILES string of the molecule is O=C(c1ccco1)N1CN2CN(C(=O)c3ccco3)CC([N+](=O)[O-])(C2)C1. The lowest BCUT2D eigenvalue weighted by atomic mass is 9.93. The van der Waals surface area contributed by atoms with Crippen molar-refractivity contribution in [2.75, 3.05) is 33.0 Å². The molecule has 0 radical (unpaired) electrons. The van der Waals surface area contributed by atoms with Gasteiger partial charge in [-0.3, -0.25) is 24.6 Å². The van der Waals surface area contributed by atoms with E-state index >= 15 is 0 Å². The standard InChI is InChI=1S/C16H16N4O6/c21-14(12-3-1-5-25-12)18-8-16(20(23)24)7-17(10-18)11-19(9-16)15(22)13-4-2-6-26-13/h1-6H,7-11H2. The molecular formula is C16H16N4O6. The molecule has 10 nitrogen and oxygen atoms in total. The first kappa shape index (κ1) is 16.3. The minimum Gasteiger partial charge on any atom is -0.459 e. The summed E-state index contributed by atoms with van der Waals surface area (Å²) >= 11 is 0. The lowest BCUT2D eigenvalue weighted by Gasteiger charge is -2.49. The molecule has 4 heterocycles. The fourth-order valence-corrected chi connectivity index (χ4v) is 3.56. The summed E-state index contributed by atoms with van der Waals surface area (Å²) in [6.07, 6.45) is 2.76. The Morgan fingerprint density at radius 3 is 1.85 bits per heavy atom. The van der Waals surface area contributed by atoms with Crippen LogP contribution in [0.5, 0.6) is 0 Å². The molecule has 0 aromatic carbocycles. The molecule has 10 heteroatoms. The average molecular weight is 360 g/mol. The predicted molar refractivity (Wildman–Crippen MR) is 85.7 cm³/mol. The first-order valence-corrected chi connectivity index (χ1v) is 8.01. The molecule has 0 N–H and O–H groups in total. The van der Waals surface area contributed by atoms with Crippen molar-refractivity contribution in [1.82, 2.24) is 14.7 Å². The zero-order valence-corrected chi connectivity index (χ0v) is 13.7. The molecule has 2 bridgehead atoms. The van der Waals surface area contributed by atoms with Crippen LogP contribution in [0.3, 0.4) is 0 Å². The van der Waals surface area contributed by atoms with Gasteiger partial charge in [-0.25, -0.2) is 0 Å². The van der Waals surface area contributed by atoms with Gasteiger partial charge in [0.1, 0.15) is 0 Å². The van der Waals surface area contributed by atoms with Crippen molar-refractivity contribution in [3.63, 3.8) is 0 Å². The van der Waals surface area contributed by atoms with E-state index in [0.717, 1.165) is 0 Å². The Labute approximate surface area is 147 Å². The third kappa shape index (κ3) is 2.64. The summed E-state index contributed by atoms with van der Waals surface area (Å²) in [6.45, 7) is 0.327. The third-order valence-corrected chi connectivity index (χ3v) is 4.66. The van der Waals surface area contributed by atoms with E-state index < -0.39 is 22.3 Å². The van der Waals surface area contributed by atoms with Gasteiger partial charge in [-0.05, 0) is 24.3 Å². The van der Waals surface area contributed by atoms with E-state index in [0.29, 0.717) is 0 Å². The van der Waals surface area contributed by atoms with E-state index in [-0.39, 0.29) is 44.5 Å². The average Bonchev–Trinajstić information content (AvgIpc) is 3.33. The van der Waals surface area contributed by atoms with E-state index in [1.54, 1.807) is 17.0 Å². The van der Waals surface area contributed by atoms with Crippen molar-refractivity contribution < 1.29 is 23.3 Å². The van der Waals surface area contributed by atoms with Gasteiger partial charge in [0.05, 0.1) is 45.5 Å². The van der Waals surface area contributed by atoms with Crippen LogP contribution in [0.25, 0.3) is 0 Å². The lowest BCUT2D eigenvalue weighted by Crippen LogP contribution is -2.73. The van der Waals surface area contributed by atoms with Crippen LogP contribution in [0.1, 0.15) is 21.1 Å². The third-order valence-electron chi connectivity index (χ3n) is 4.66. The summed E-state index contributed by atoms with van der Waals surface area (Å²) in [4.78, 5) is 41.0. The van der Waals surface area contributed by atoms with Gasteiger partial charge in [0, 0.05) is 4.92 Å². The molecule has 2 aromatic heterocycles. The Hall–Kier alpha value is -3.14. The largest absolute Gasteiger partial charge is 0.459 e. The predicted octanol–water partition coefficient (Wildman–Crippen LogP) is 0.717. The number of amides is 2. The number of hydrogen-bond donors (Lipinski definition) is 0. The summed E-state index contributed by atoms with van der Waals surface area (Å²) in [6, 6.07) is 6.22. The van der Waals surface area contributed by atoms with Gasteiger partial charge in [0.2, 0.25) is 0 Å². The van der Waals surface area contributed by atoms with E-state index in [1.807, 2.05) is 0 Å². The van der Waals surface area contributed by atoms with Gasteiger partial charge in [0.25, 0.3) is 17.4 Å². The number of carbonyl (C=O) groups excluding carboxylic acids is 2. The molecule has 2 fully saturated rings. The molecule has 0 unspecified atom stereocenters. The number of carbonyl (C=O) groups is 2. The van der Waals surface area contributed by atoms with Crippen LogP contribution in [-0.2, 0) is 0 Å². The van der Waals surface area contributed by atoms with Gasteiger partial charge in [-0.1, -0.05) is 0 Å². The van der Waals surface area contributed by atoms with Crippen molar-refractivity contribution >= 4 is 11.8 Å². The van der Waals surface area contributed by atoms with Crippen LogP contribution in [0.15, 0.2) is 45.6 Å². The minimum absolute atomic E-state index is 0.0992. The van der Waals surface area contributed by atoms with Crippen molar-refractivity contribution in [3.05, 3.63) is 58.4 Å². The Balaban J connectivity index is 1.59. The molecule has 4 rings (SSSR count). The molecule has 0 atom stereocenters. The molecule has 2 amide bonds. The fourth-order valence-electron chi connectivity index (χ4n) is 3.56. The van der Waals surface area contributed by atoms with Gasteiger partial charge >= 0.3 is 0 Å². The Morgan fingerprint density at radius 2 is 1.46 bits per heavy atom. The van der Waals surface area contributed by atoms with Crippen LogP contribution in [-0.4, -0.2) is 69.9 Å². The van der Waals surface area contributed by atoms with Gasteiger partial charge in [-0.2, -0.15) is 0 Å². The molecule has 2 saturated heterocycles. The summed E-state index contributed by atoms with van der Waals surface area (Å²) in [5.74, 6) is -0.546.